The van der Waals surface area contributed by atoms with Crippen LogP contribution in [0.15, 0.2) is 24.3 Å². The Labute approximate surface area is 142 Å². The second-order valence-corrected chi connectivity index (χ2v) is 7.32. The molecule has 1 saturated heterocycles. The maximum Gasteiger partial charge on any atom is 0.410 e. The van der Waals surface area contributed by atoms with Crippen molar-refractivity contribution in [3.63, 3.8) is 0 Å². The van der Waals surface area contributed by atoms with Gasteiger partial charge in [0.15, 0.2) is 0 Å². The first-order valence-corrected chi connectivity index (χ1v) is 8.56. The summed E-state index contributed by atoms with van der Waals surface area (Å²) in [6, 6.07) is 8.31. The highest BCUT2D eigenvalue weighted by atomic mass is 16.6. The number of benzene rings is 1. The van der Waals surface area contributed by atoms with Gasteiger partial charge < -0.3 is 19.9 Å². The number of hydrogen-bond acceptors (Lipinski definition) is 4. The number of aromatic nitrogens is 2. The number of carbonyl (C=O) groups excluding carboxylic acids is 1. The molecule has 1 unspecified atom stereocenters. The van der Waals surface area contributed by atoms with E-state index in [9.17, 15) is 4.79 Å². The molecular weight excluding hydrogens is 304 g/mol. The predicted molar refractivity (Wildman–Crippen MR) is 94.0 cm³/mol. The number of carbonyl (C=O) groups is 1. The summed E-state index contributed by atoms with van der Waals surface area (Å²) in [6.45, 7) is 7.85. The van der Waals surface area contributed by atoms with Gasteiger partial charge >= 0.3 is 6.09 Å². The second-order valence-electron chi connectivity index (χ2n) is 7.32. The average Bonchev–Trinajstić information content (AvgIpc) is 2.94. The molecule has 0 aliphatic carbocycles. The van der Waals surface area contributed by atoms with E-state index >= 15 is 0 Å². The molecule has 1 amide bonds. The van der Waals surface area contributed by atoms with Crippen molar-refractivity contribution in [3.05, 3.63) is 30.1 Å². The van der Waals surface area contributed by atoms with Crippen LogP contribution in [0.5, 0.6) is 0 Å². The molecule has 0 spiro atoms. The van der Waals surface area contributed by atoms with Gasteiger partial charge in [-0.3, -0.25) is 0 Å². The van der Waals surface area contributed by atoms with E-state index in [1.54, 1.807) is 4.90 Å². The van der Waals surface area contributed by atoms with E-state index in [1.165, 1.54) is 0 Å². The summed E-state index contributed by atoms with van der Waals surface area (Å²) >= 11 is 0. The minimum Gasteiger partial charge on any atom is -0.444 e. The monoisotopic (exact) mass is 330 g/mol. The topological polar surface area (TPSA) is 70.2 Å². The number of amides is 1. The van der Waals surface area contributed by atoms with Crippen molar-refractivity contribution in [2.75, 3.05) is 19.6 Å². The van der Waals surface area contributed by atoms with E-state index in [-0.39, 0.29) is 12.1 Å². The zero-order valence-electron chi connectivity index (χ0n) is 14.6. The van der Waals surface area contributed by atoms with Crippen LogP contribution in [-0.4, -0.2) is 52.2 Å². The molecular formula is C18H26N4O2. The molecule has 2 heterocycles. The fraction of sp³-hybridized carbons (Fsp3) is 0.556. The lowest BCUT2D eigenvalue weighted by molar-refractivity contribution is 0.0193. The summed E-state index contributed by atoms with van der Waals surface area (Å²) in [6.07, 6.45) is 1.56. The third kappa shape index (κ3) is 4.26. The summed E-state index contributed by atoms with van der Waals surface area (Å²) in [4.78, 5) is 22.0. The van der Waals surface area contributed by atoms with E-state index < -0.39 is 5.60 Å². The lowest BCUT2D eigenvalue weighted by Gasteiger charge is -2.34. The van der Waals surface area contributed by atoms with Crippen LogP contribution in [-0.2, 0) is 11.2 Å². The van der Waals surface area contributed by atoms with Crippen molar-refractivity contribution in [1.29, 1.82) is 0 Å². The zero-order chi connectivity index (χ0) is 17.2. The number of aryl methyl sites for hydroxylation is 1. The summed E-state index contributed by atoms with van der Waals surface area (Å²) < 4.78 is 5.47. The molecule has 1 aliphatic rings. The Balaban J connectivity index is 1.54. The van der Waals surface area contributed by atoms with Crippen LogP contribution in [0.25, 0.3) is 11.0 Å². The summed E-state index contributed by atoms with van der Waals surface area (Å²) in [5, 5.41) is 3.48. The molecule has 6 nitrogen and oxygen atoms in total. The highest BCUT2D eigenvalue weighted by Gasteiger charge is 2.27. The lowest BCUT2D eigenvalue weighted by atomic mass is 10.1. The number of rotatable bonds is 3. The third-order valence-corrected chi connectivity index (χ3v) is 4.08. The van der Waals surface area contributed by atoms with Gasteiger partial charge in [0, 0.05) is 32.1 Å². The van der Waals surface area contributed by atoms with Crippen LogP contribution < -0.4 is 5.32 Å². The number of aromatic amines is 1. The van der Waals surface area contributed by atoms with Crippen LogP contribution in [0.1, 0.15) is 33.0 Å². The van der Waals surface area contributed by atoms with Crippen LogP contribution in [0.2, 0.25) is 0 Å². The first-order valence-electron chi connectivity index (χ1n) is 8.56. The Morgan fingerprint density at radius 1 is 1.38 bits per heavy atom. The highest BCUT2D eigenvalue weighted by Crippen LogP contribution is 2.15. The van der Waals surface area contributed by atoms with E-state index in [1.807, 2.05) is 45.0 Å². The highest BCUT2D eigenvalue weighted by molar-refractivity contribution is 5.74. The largest absolute Gasteiger partial charge is 0.444 e. The summed E-state index contributed by atoms with van der Waals surface area (Å²) in [7, 11) is 0. The number of hydrogen-bond donors (Lipinski definition) is 2. The van der Waals surface area contributed by atoms with E-state index in [0.29, 0.717) is 13.1 Å². The van der Waals surface area contributed by atoms with Crippen LogP contribution >= 0.6 is 0 Å². The quantitative estimate of drug-likeness (QED) is 0.908. The second kappa shape index (κ2) is 6.81. The zero-order valence-corrected chi connectivity index (χ0v) is 14.6. The number of piperazine rings is 1. The van der Waals surface area contributed by atoms with E-state index in [2.05, 4.69) is 15.3 Å². The Kier molecular flexibility index (Phi) is 4.76. The number of H-pyrrole nitrogens is 1. The first kappa shape index (κ1) is 16.8. The molecule has 0 bridgehead atoms. The van der Waals surface area contributed by atoms with Crippen molar-refractivity contribution in [2.45, 2.75) is 45.3 Å². The molecule has 2 N–H and O–H groups in total. The van der Waals surface area contributed by atoms with Crippen molar-refractivity contribution >= 4 is 17.1 Å². The van der Waals surface area contributed by atoms with Crippen molar-refractivity contribution in [2.24, 2.45) is 0 Å². The lowest BCUT2D eigenvalue weighted by Crippen LogP contribution is -2.53. The smallest absolute Gasteiger partial charge is 0.410 e. The normalized spacial score (nSPS) is 18.8. The Morgan fingerprint density at radius 3 is 2.92 bits per heavy atom. The van der Waals surface area contributed by atoms with Gasteiger partial charge in [0.1, 0.15) is 11.4 Å². The van der Waals surface area contributed by atoms with Gasteiger partial charge in [0.2, 0.25) is 0 Å². The van der Waals surface area contributed by atoms with Crippen molar-refractivity contribution < 1.29 is 9.53 Å². The first-order chi connectivity index (χ1) is 11.4. The van der Waals surface area contributed by atoms with Crippen LogP contribution in [0.3, 0.4) is 0 Å². The van der Waals surface area contributed by atoms with Gasteiger partial charge in [-0.2, -0.15) is 0 Å². The van der Waals surface area contributed by atoms with Gasteiger partial charge in [-0.15, -0.1) is 0 Å². The standard InChI is InChI=1S/C18H26N4O2/c1-18(2,3)24-17(23)22-11-10-19-13(12-22)8-9-16-20-14-6-4-5-7-15(14)21-16/h4-7,13,19H,8-12H2,1-3H3,(H,20,21). The van der Waals surface area contributed by atoms with Gasteiger partial charge in [0.25, 0.3) is 0 Å². The number of imidazole rings is 1. The van der Waals surface area contributed by atoms with Gasteiger partial charge in [-0.25, -0.2) is 9.78 Å². The molecule has 24 heavy (non-hydrogen) atoms. The minimum atomic E-state index is -0.453. The molecule has 2 aromatic rings. The molecule has 1 aromatic carbocycles. The predicted octanol–water partition coefficient (Wildman–Crippen LogP) is 2.70. The molecule has 0 saturated carbocycles. The minimum absolute atomic E-state index is 0.224. The molecule has 1 fully saturated rings. The maximum absolute atomic E-state index is 12.2. The Bertz CT molecular complexity index is 671. The molecule has 1 aliphatic heterocycles. The Morgan fingerprint density at radius 2 is 2.17 bits per heavy atom. The number of ether oxygens (including phenoxy) is 1. The van der Waals surface area contributed by atoms with Gasteiger partial charge in [0.05, 0.1) is 11.0 Å². The fourth-order valence-electron chi connectivity index (χ4n) is 2.95. The molecule has 1 aromatic heterocycles. The molecule has 3 rings (SSSR count). The molecule has 6 heteroatoms. The fourth-order valence-corrected chi connectivity index (χ4v) is 2.95. The van der Waals surface area contributed by atoms with Crippen molar-refractivity contribution in [1.82, 2.24) is 20.2 Å². The third-order valence-electron chi connectivity index (χ3n) is 4.08. The number of nitrogens with zero attached hydrogens (tertiary/aromatic N) is 2. The Hall–Kier alpha value is -2.08. The molecule has 0 radical (unpaired) electrons. The molecule has 130 valence electrons. The SMILES string of the molecule is CC(C)(C)OC(=O)N1CCNC(CCc2nc3ccccc3[nH]2)C1. The van der Waals surface area contributed by atoms with Crippen LogP contribution in [0, 0.1) is 0 Å². The van der Waals surface area contributed by atoms with Crippen molar-refractivity contribution in [3.8, 4) is 0 Å². The van der Waals surface area contributed by atoms with Gasteiger partial charge in [-0.1, -0.05) is 12.1 Å². The number of nitrogens with one attached hydrogen (secondary N) is 2. The summed E-state index contributed by atoms with van der Waals surface area (Å²) in [5.41, 5.74) is 1.62. The molecule has 1 atom stereocenters. The number of fused-ring (bicyclic) bond motifs is 1. The van der Waals surface area contributed by atoms with E-state index in [0.717, 1.165) is 36.2 Å². The number of para-hydroxylation sites is 2. The maximum atomic E-state index is 12.2. The van der Waals surface area contributed by atoms with Crippen LogP contribution in [0.4, 0.5) is 4.79 Å². The average molecular weight is 330 g/mol. The van der Waals surface area contributed by atoms with Gasteiger partial charge in [-0.05, 0) is 39.3 Å². The van der Waals surface area contributed by atoms with E-state index in [4.69, 9.17) is 4.74 Å². The summed E-state index contributed by atoms with van der Waals surface area (Å²) in [5.74, 6) is 0.993.